The van der Waals surface area contributed by atoms with E-state index in [4.69, 9.17) is 13.8 Å². The number of amides is 1. The summed E-state index contributed by atoms with van der Waals surface area (Å²) in [5.41, 5.74) is 0. The third-order valence-electron chi connectivity index (χ3n) is 15.7. The number of nitrogens with zero attached hydrogens (tertiary/aromatic N) is 1. The number of rotatable bonds is 65. The van der Waals surface area contributed by atoms with Crippen LogP contribution < -0.4 is 10.2 Å². The van der Waals surface area contributed by atoms with E-state index in [0.717, 1.165) is 109 Å². The number of allylic oxidation sites excluding steroid dienone is 15. The number of hydrogen-bond acceptors (Lipinski definition) is 7. The number of ether oxygens (including phenoxy) is 1. The molecule has 0 heterocycles. The molecule has 86 heavy (non-hydrogen) atoms. The molecule has 0 rings (SSSR count). The monoisotopic (exact) mass is 1220 g/mol. The van der Waals surface area contributed by atoms with Crippen molar-refractivity contribution in [3.8, 4) is 0 Å². The van der Waals surface area contributed by atoms with Gasteiger partial charge in [-0.2, -0.15) is 0 Å². The van der Waals surface area contributed by atoms with Crippen LogP contribution in [0.5, 0.6) is 0 Å². The summed E-state index contributed by atoms with van der Waals surface area (Å²) in [6.07, 6.45) is 88.1. The zero-order valence-corrected chi connectivity index (χ0v) is 57.9. The smallest absolute Gasteiger partial charge is 0.306 e. The summed E-state index contributed by atoms with van der Waals surface area (Å²) in [5, 5.41) is 3.04. The Morgan fingerprint density at radius 1 is 0.419 bits per heavy atom. The van der Waals surface area contributed by atoms with Crippen molar-refractivity contribution < 1.29 is 37.3 Å². The first kappa shape index (κ1) is 82.9. The van der Waals surface area contributed by atoms with E-state index in [9.17, 15) is 19.0 Å². The lowest BCUT2D eigenvalue weighted by Gasteiger charge is -2.30. The third kappa shape index (κ3) is 65.4. The molecule has 1 N–H and O–H groups in total. The Morgan fingerprint density at radius 3 is 1.14 bits per heavy atom. The van der Waals surface area contributed by atoms with Crippen molar-refractivity contribution >= 4 is 19.7 Å². The molecular formula is C76H137N2O7P. The van der Waals surface area contributed by atoms with Gasteiger partial charge in [0.1, 0.15) is 19.3 Å². The Hall–Kier alpha value is -3.07. The van der Waals surface area contributed by atoms with E-state index in [1.54, 1.807) is 0 Å². The van der Waals surface area contributed by atoms with E-state index in [0.29, 0.717) is 17.4 Å². The van der Waals surface area contributed by atoms with Crippen LogP contribution in [-0.4, -0.2) is 69.4 Å². The van der Waals surface area contributed by atoms with E-state index >= 15 is 0 Å². The van der Waals surface area contributed by atoms with Gasteiger partial charge < -0.3 is 28.5 Å². The summed E-state index contributed by atoms with van der Waals surface area (Å²) in [5.74, 6) is -0.544. The van der Waals surface area contributed by atoms with Gasteiger partial charge in [0.05, 0.1) is 33.8 Å². The minimum atomic E-state index is -4.71. The first-order chi connectivity index (χ1) is 41.9. The topological polar surface area (TPSA) is 114 Å². The Kier molecular flexibility index (Phi) is 62.6. The standard InChI is InChI=1S/C76H137N2O7P/c1-7-10-13-16-19-22-25-28-30-32-34-36-38-39-41-43-45-47-49-51-54-57-60-63-66-69-76(80)85-74(67-64-61-58-55-52-27-24-21-18-15-12-9-3)73(72-84-86(81,82)83-71-70-78(4,5)6)77-75(79)68-65-62-59-56-53-50-48-46-44-42-40-37-35-33-31-29-26-23-20-17-14-11-8-2/h10,13,19-20,22-23,28-31,34,36,39,41,64,67,73-74H,7-9,11-12,14-18,21,24-27,32-33,35,37-38,40,42-63,65-66,68-72H2,1-6H3,(H-,77,79,81,82)/b13-10-,22-19-,23-20-,30-28-,31-29-,36-34-,41-39-,67-64+. The summed E-state index contributed by atoms with van der Waals surface area (Å²) >= 11 is 0. The molecule has 0 radical (unpaired) electrons. The fourth-order valence-corrected chi connectivity index (χ4v) is 11.0. The predicted molar refractivity (Wildman–Crippen MR) is 371 cm³/mol. The Morgan fingerprint density at radius 2 is 0.744 bits per heavy atom. The molecule has 0 aliphatic heterocycles. The van der Waals surface area contributed by atoms with E-state index in [1.165, 1.54) is 180 Å². The lowest BCUT2D eigenvalue weighted by molar-refractivity contribution is -0.870. The number of esters is 1. The van der Waals surface area contributed by atoms with Crippen LogP contribution in [0.4, 0.5) is 0 Å². The fourth-order valence-electron chi connectivity index (χ4n) is 10.2. The Bertz CT molecular complexity index is 1790. The number of carbonyl (C=O) groups is 2. The molecule has 1 amide bonds. The highest BCUT2D eigenvalue weighted by molar-refractivity contribution is 7.45. The van der Waals surface area contributed by atoms with Crippen LogP contribution in [-0.2, 0) is 27.9 Å². The van der Waals surface area contributed by atoms with Gasteiger partial charge in [0.15, 0.2) is 0 Å². The van der Waals surface area contributed by atoms with E-state index in [2.05, 4.69) is 111 Å². The number of nitrogens with one attached hydrogen (secondary N) is 1. The van der Waals surface area contributed by atoms with Crippen molar-refractivity contribution in [1.29, 1.82) is 0 Å². The normalized spacial score (nSPS) is 14.1. The maximum absolute atomic E-state index is 13.6. The average Bonchev–Trinajstić information content (AvgIpc) is 3.65. The zero-order chi connectivity index (χ0) is 62.8. The number of phosphoric acid groups is 1. The molecule has 0 saturated heterocycles. The van der Waals surface area contributed by atoms with Crippen molar-refractivity contribution in [3.63, 3.8) is 0 Å². The lowest BCUT2D eigenvalue weighted by Crippen LogP contribution is -2.47. The molecule has 498 valence electrons. The second-order valence-corrected chi connectivity index (χ2v) is 26.8. The summed E-state index contributed by atoms with van der Waals surface area (Å²) < 4.78 is 30.5. The summed E-state index contributed by atoms with van der Waals surface area (Å²) in [7, 11) is 1.18. The summed E-state index contributed by atoms with van der Waals surface area (Å²) in [6.45, 7) is 6.73. The number of phosphoric ester groups is 1. The number of hydrogen-bond donors (Lipinski definition) is 1. The maximum Gasteiger partial charge on any atom is 0.306 e. The molecule has 0 aromatic carbocycles. The van der Waals surface area contributed by atoms with Crippen LogP contribution in [0.1, 0.15) is 323 Å². The molecular weight excluding hydrogens is 1080 g/mol. The number of quaternary nitrogens is 1. The molecule has 3 atom stereocenters. The highest BCUT2D eigenvalue weighted by atomic mass is 31.2. The van der Waals surface area contributed by atoms with E-state index in [-0.39, 0.29) is 24.9 Å². The number of likely N-dealkylation sites (N-methyl/N-ethyl adjacent to an activating group) is 1. The highest BCUT2D eigenvalue weighted by Gasteiger charge is 2.27. The average molecular weight is 1220 g/mol. The molecule has 10 heteroatoms. The van der Waals surface area contributed by atoms with Crippen LogP contribution in [0.3, 0.4) is 0 Å². The van der Waals surface area contributed by atoms with Gasteiger partial charge in [-0.1, -0.05) is 298 Å². The van der Waals surface area contributed by atoms with Crippen LogP contribution >= 0.6 is 7.82 Å². The highest BCUT2D eigenvalue weighted by Crippen LogP contribution is 2.38. The molecule has 0 saturated carbocycles. The quantitative estimate of drug-likeness (QED) is 0.0212. The third-order valence-corrected chi connectivity index (χ3v) is 16.7. The minimum absolute atomic E-state index is 0.0264. The van der Waals surface area contributed by atoms with Gasteiger partial charge in [0.2, 0.25) is 5.91 Å². The van der Waals surface area contributed by atoms with E-state index in [1.807, 2.05) is 33.3 Å². The van der Waals surface area contributed by atoms with Crippen molar-refractivity contribution in [2.75, 3.05) is 40.9 Å². The second-order valence-electron chi connectivity index (χ2n) is 25.4. The van der Waals surface area contributed by atoms with Gasteiger partial charge in [-0.3, -0.25) is 14.2 Å². The largest absolute Gasteiger partial charge is 0.756 e. The van der Waals surface area contributed by atoms with Gasteiger partial charge in [0.25, 0.3) is 7.82 Å². The van der Waals surface area contributed by atoms with Gasteiger partial charge in [-0.15, -0.1) is 0 Å². The van der Waals surface area contributed by atoms with Crippen LogP contribution in [0.15, 0.2) is 97.2 Å². The first-order valence-corrected chi connectivity index (χ1v) is 37.5. The van der Waals surface area contributed by atoms with Crippen LogP contribution in [0.2, 0.25) is 0 Å². The zero-order valence-electron chi connectivity index (χ0n) is 57.0. The SMILES string of the molecule is CC/C=C\C/C=C\C/C=C\C/C=C\C/C=C\CCCCCCCCCCCC(=O)OC(/C=C/CCCCCCCCCCCC)C(COP(=O)([O-])OCC[N+](C)(C)C)NC(=O)CCCCCCCCCCCCCCC/C=C\C/C=C\CCCCC. The first-order valence-electron chi connectivity index (χ1n) is 36.0. The molecule has 0 aliphatic rings. The Labute approximate surface area is 532 Å². The van der Waals surface area contributed by atoms with Crippen molar-refractivity contribution in [3.05, 3.63) is 97.2 Å². The lowest BCUT2D eigenvalue weighted by atomic mass is 10.0. The molecule has 0 aromatic rings. The van der Waals surface area contributed by atoms with Gasteiger partial charge in [-0.05, 0) is 109 Å². The van der Waals surface area contributed by atoms with Crippen molar-refractivity contribution in [2.24, 2.45) is 0 Å². The molecule has 0 aromatic heterocycles. The minimum Gasteiger partial charge on any atom is -0.756 e. The molecule has 0 bridgehead atoms. The molecule has 0 fully saturated rings. The molecule has 0 aliphatic carbocycles. The van der Waals surface area contributed by atoms with Gasteiger partial charge in [-0.25, -0.2) is 0 Å². The second kappa shape index (κ2) is 64.9. The molecule has 0 spiro atoms. The Balaban J connectivity index is 5.07. The summed E-state index contributed by atoms with van der Waals surface area (Å²) in [4.78, 5) is 40.2. The van der Waals surface area contributed by atoms with Crippen LogP contribution in [0.25, 0.3) is 0 Å². The number of unbranched alkanes of at least 4 members (excludes halogenated alkanes) is 35. The van der Waals surface area contributed by atoms with Crippen LogP contribution in [0, 0.1) is 0 Å². The van der Waals surface area contributed by atoms with E-state index < -0.39 is 26.6 Å². The van der Waals surface area contributed by atoms with Gasteiger partial charge in [0, 0.05) is 12.8 Å². The fraction of sp³-hybridized carbons (Fsp3) is 0.763. The predicted octanol–water partition coefficient (Wildman–Crippen LogP) is 22.4. The molecule has 9 nitrogen and oxygen atoms in total. The maximum atomic E-state index is 13.6. The van der Waals surface area contributed by atoms with Crippen molar-refractivity contribution in [1.82, 2.24) is 5.32 Å². The summed E-state index contributed by atoms with van der Waals surface area (Å²) in [6, 6.07) is -0.897. The number of carbonyl (C=O) groups excluding carboxylic acids is 2. The molecule has 3 unspecified atom stereocenters. The van der Waals surface area contributed by atoms with Crippen molar-refractivity contribution in [2.45, 2.75) is 335 Å². The van der Waals surface area contributed by atoms with Gasteiger partial charge >= 0.3 is 5.97 Å².